The molecule has 0 unspecified atom stereocenters. The molecule has 1 aromatic carbocycles. The van der Waals surface area contributed by atoms with Crippen LogP contribution < -0.4 is 15.4 Å². The average Bonchev–Trinajstić information content (AvgIpc) is 3.41. The zero-order chi connectivity index (χ0) is 33.5. The van der Waals surface area contributed by atoms with Crippen LogP contribution in [0.15, 0.2) is 24.3 Å². The summed E-state index contributed by atoms with van der Waals surface area (Å²) in [5, 5.41) is 15.7. The maximum atomic E-state index is 13.4. The summed E-state index contributed by atoms with van der Waals surface area (Å²) in [7, 11) is 1.56. The number of carbonyl (C=O) groups is 4. The van der Waals surface area contributed by atoms with E-state index in [1.54, 1.807) is 60.8 Å². The minimum Gasteiger partial charge on any atom is -0.497 e. The Labute approximate surface area is 264 Å². The van der Waals surface area contributed by atoms with Gasteiger partial charge in [-0.15, -0.1) is 0 Å². The lowest BCUT2D eigenvalue weighted by atomic mass is 10.0. The quantitative estimate of drug-likeness (QED) is 0.269. The van der Waals surface area contributed by atoms with E-state index in [0.29, 0.717) is 25.4 Å². The summed E-state index contributed by atoms with van der Waals surface area (Å²) in [6, 6.07) is 6.10. The summed E-state index contributed by atoms with van der Waals surface area (Å²) < 4.78 is 27.8. The van der Waals surface area contributed by atoms with Crippen molar-refractivity contribution in [2.24, 2.45) is 0 Å². The number of β-amino-alcohol motifs (C(OH)–C–C–N with tert-alkyl or cyclic N) is 1. The van der Waals surface area contributed by atoms with Crippen molar-refractivity contribution in [3.05, 3.63) is 29.8 Å². The Morgan fingerprint density at radius 1 is 0.933 bits per heavy atom. The van der Waals surface area contributed by atoms with E-state index < -0.39 is 59.9 Å². The highest BCUT2D eigenvalue weighted by molar-refractivity contribution is 5.73. The van der Waals surface area contributed by atoms with E-state index in [9.17, 15) is 24.3 Å². The molecule has 2 saturated heterocycles. The maximum absolute atomic E-state index is 13.4. The van der Waals surface area contributed by atoms with Crippen LogP contribution in [0.3, 0.4) is 0 Å². The number of carbonyl (C=O) groups excluding carboxylic acids is 4. The number of hydrogen-bond donors (Lipinski definition) is 3. The Hall–Kier alpha value is -3.78. The first kappa shape index (κ1) is 35.7. The summed E-state index contributed by atoms with van der Waals surface area (Å²) in [4.78, 5) is 53.9. The number of rotatable bonds is 9. The lowest BCUT2D eigenvalue weighted by molar-refractivity contribution is -0.120. The molecule has 14 heteroatoms. The Morgan fingerprint density at radius 2 is 1.58 bits per heavy atom. The lowest BCUT2D eigenvalue weighted by Gasteiger charge is -2.30. The second-order valence-corrected chi connectivity index (χ2v) is 13.3. The molecular weight excluding hydrogens is 588 g/mol. The van der Waals surface area contributed by atoms with Crippen LogP contribution in [0.2, 0.25) is 0 Å². The van der Waals surface area contributed by atoms with Crippen LogP contribution in [0.5, 0.6) is 5.75 Å². The van der Waals surface area contributed by atoms with Crippen LogP contribution in [0.1, 0.15) is 54.0 Å². The third kappa shape index (κ3) is 11.3. The van der Waals surface area contributed by atoms with Gasteiger partial charge >= 0.3 is 18.3 Å². The minimum atomic E-state index is -1.06. The molecule has 0 saturated carbocycles. The molecular formula is C31H48N4O10. The Kier molecular flexibility index (Phi) is 11.9. The third-order valence-electron chi connectivity index (χ3n) is 7.09. The first-order valence-electron chi connectivity index (χ1n) is 15.1. The second kappa shape index (κ2) is 15.0. The molecule has 3 rings (SSSR count). The van der Waals surface area contributed by atoms with E-state index in [4.69, 9.17) is 23.7 Å². The summed E-state index contributed by atoms with van der Waals surface area (Å²) in [5.74, 6) is 0.424. The second-order valence-electron chi connectivity index (χ2n) is 13.3. The van der Waals surface area contributed by atoms with Gasteiger partial charge < -0.3 is 39.4 Å². The van der Waals surface area contributed by atoms with Crippen LogP contribution in [-0.4, -0.2) is 121 Å². The van der Waals surface area contributed by atoms with Gasteiger partial charge in [-0.1, -0.05) is 12.1 Å². The molecule has 0 aliphatic carbocycles. The number of hydrogen-bond acceptors (Lipinski definition) is 11. The molecule has 14 nitrogen and oxygen atoms in total. The molecule has 0 radical (unpaired) electrons. The Bertz CT molecular complexity index is 1180. The predicted octanol–water partition coefficient (Wildman–Crippen LogP) is 2.45. The minimum absolute atomic E-state index is 0.0941. The van der Waals surface area contributed by atoms with Crippen molar-refractivity contribution >= 4 is 24.2 Å². The molecule has 1 aromatic rings. The van der Waals surface area contributed by atoms with Gasteiger partial charge in [0.1, 0.15) is 17.0 Å². The van der Waals surface area contributed by atoms with Gasteiger partial charge in [-0.3, -0.25) is 14.6 Å². The van der Waals surface area contributed by atoms with Crippen LogP contribution >= 0.6 is 0 Å². The highest BCUT2D eigenvalue weighted by atomic mass is 16.7. The van der Waals surface area contributed by atoms with Gasteiger partial charge in [-0.05, 0) is 65.7 Å². The number of nitrogens with one attached hydrogen (secondary N) is 2. The van der Waals surface area contributed by atoms with Crippen molar-refractivity contribution in [3.63, 3.8) is 0 Å². The molecule has 0 spiro atoms. The number of ether oxygens (including phenoxy) is 5. The van der Waals surface area contributed by atoms with E-state index in [2.05, 4.69) is 10.6 Å². The molecule has 45 heavy (non-hydrogen) atoms. The van der Waals surface area contributed by atoms with Crippen molar-refractivity contribution in [1.82, 2.24) is 20.4 Å². The monoisotopic (exact) mass is 636 g/mol. The van der Waals surface area contributed by atoms with Crippen molar-refractivity contribution in [2.75, 3.05) is 39.8 Å². The molecule has 2 aliphatic rings. The first-order valence-corrected chi connectivity index (χ1v) is 15.1. The van der Waals surface area contributed by atoms with E-state index in [0.717, 1.165) is 5.56 Å². The van der Waals surface area contributed by atoms with Gasteiger partial charge in [0.15, 0.2) is 12.2 Å². The zero-order valence-corrected chi connectivity index (χ0v) is 27.5. The molecule has 0 aromatic heterocycles. The molecule has 2 heterocycles. The number of aliphatic hydroxyl groups excluding tert-OH is 1. The van der Waals surface area contributed by atoms with Crippen molar-refractivity contribution in [1.29, 1.82) is 0 Å². The fourth-order valence-electron chi connectivity index (χ4n) is 5.21. The summed E-state index contributed by atoms with van der Waals surface area (Å²) in [5.41, 5.74) is -0.817. The molecule has 252 valence electrons. The number of benzene rings is 1. The topological polar surface area (TPSA) is 165 Å². The fraction of sp³-hybridized carbons (Fsp3) is 0.677. The van der Waals surface area contributed by atoms with Gasteiger partial charge in [0.05, 0.1) is 31.8 Å². The largest absolute Gasteiger partial charge is 0.509 e. The number of nitrogens with zero attached hydrogens (tertiary/aromatic N) is 2. The summed E-state index contributed by atoms with van der Waals surface area (Å²) >= 11 is 0. The van der Waals surface area contributed by atoms with Gasteiger partial charge in [-0.25, -0.2) is 14.4 Å². The van der Waals surface area contributed by atoms with Gasteiger partial charge in [-0.2, -0.15) is 0 Å². The van der Waals surface area contributed by atoms with E-state index in [1.807, 2.05) is 17.0 Å². The number of aliphatic hydroxyl groups is 1. The standard InChI is InChI=1S/C31H48N4O10/c1-19(36)33-22-16-34(17-24(22)37)14-13-32-27(38)43-26-23(15-20-9-11-21(41-8)12-10-20)35(28(39)44-30(2,3)4)18-25(26)42-29(40)45-31(5,6)7/h9-12,22-26,37H,13-18H2,1-8H3,(H,32,38)(H,33,36)/t22-,23-,24-,25+,26+/m1/s1. The van der Waals surface area contributed by atoms with Crippen molar-refractivity contribution in [3.8, 4) is 5.75 Å². The molecule has 3 N–H and O–H groups in total. The smallest absolute Gasteiger partial charge is 0.497 e. The number of alkyl carbamates (subject to hydrolysis) is 1. The third-order valence-corrected chi connectivity index (χ3v) is 7.09. The normalized spacial score (nSPS) is 23.7. The van der Waals surface area contributed by atoms with E-state index in [1.165, 1.54) is 11.8 Å². The Balaban J connectivity index is 1.78. The number of likely N-dealkylation sites (tertiary alicyclic amines) is 2. The summed E-state index contributed by atoms with van der Waals surface area (Å²) in [6.45, 7) is 13.0. The van der Waals surface area contributed by atoms with Crippen molar-refractivity contribution in [2.45, 2.75) is 96.5 Å². The number of amides is 3. The maximum Gasteiger partial charge on any atom is 0.509 e. The molecule has 2 fully saturated rings. The van der Waals surface area contributed by atoms with Crippen LogP contribution in [0.25, 0.3) is 0 Å². The highest BCUT2D eigenvalue weighted by Crippen LogP contribution is 2.30. The van der Waals surface area contributed by atoms with Crippen LogP contribution in [0.4, 0.5) is 14.4 Å². The van der Waals surface area contributed by atoms with E-state index in [-0.39, 0.29) is 25.4 Å². The fourth-order valence-corrected chi connectivity index (χ4v) is 5.21. The SMILES string of the molecule is COc1ccc(C[C@@H]2[C@H](OC(=O)NCCN3C[C@@H](O)[C@H](NC(C)=O)C3)[C@@H](OC(=O)OC(C)(C)C)CN2C(=O)OC(C)(C)C)cc1. The van der Waals surface area contributed by atoms with Crippen LogP contribution in [-0.2, 0) is 30.2 Å². The van der Waals surface area contributed by atoms with Gasteiger partial charge in [0, 0.05) is 33.1 Å². The highest BCUT2D eigenvalue weighted by Gasteiger charge is 2.50. The average molecular weight is 637 g/mol. The molecule has 0 bridgehead atoms. The van der Waals surface area contributed by atoms with Crippen molar-refractivity contribution < 1.29 is 48.0 Å². The molecule has 2 aliphatic heterocycles. The molecule has 3 amide bonds. The lowest BCUT2D eigenvalue weighted by Crippen LogP contribution is -2.47. The van der Waals surface area contributed by atoms with Crippen LogP contribution in [0, 0.1) is 0 Å². The first-order chi connectivity index (χ1) is 20.9. The molecule has 5 atom stereocenters. The summed E-state index contributed by atoms with van der Waals surface area (Å²) in [6.07, 6.45) is -4.96. The van der Waals surface area contributed by atoms with Gasteiger partial charge in [0.25, 0.3) is 0 Å². The van der Waals surface area contributed by atoms with E-state index >= 15 is 0 Å². The Morgan fingerprint density at radius 3 is 2.16 bits per heavy atom. The number of methoxy groups -OCH3 is 1. The van der Waals surface area contributed by atoms with Gasteiger partial charge in [0.2, 0.25) is 5.91 Å². The zero-order valence-electron chi connectivity index (χ0n) is 27.5. The predicted molar refractivity (Wildman–Crippen MR) is 163 cm³/mol.